The van der Waals surface area contributed by atoms with Crippen LogP contribution in [0.4, 0.5) is 5.69 Å². The second-order valence-electron chi connectivity index (χ2n) is 9.46. The van der Waals surface area contributed by atoms with Gasteiger partial charge in [-0.15, -0.1) is 0 Å². The summed E-state index contributed by atoms with van der Waals surface area (Å²) in [5.74, 6) is -0.361. The molecule has 5 nitrogen and oxygen atoms in total. The molecule has 2 aromatic carbocycles. The van der Waals surface area contributed by atoms with Crippen molar-refractivity contribution in [1.29, 1.82) is 0 Å². The van der Waals surface area contributed by atoms with Crippen LogP contribution in [0.3, 0.4) is 0 Å². The highest BCUT2D eigenvalue weighted by Gasteiger charge is 2.30. The monoisotopic (exact) mass is 498 g/mol. The normalized spacial score (nSPS) is 17.7. The van der Waals surface area contributed by atoms with E-state index in [0.717, 1.165) is 57.5 Å². The SMILES string of the molecule is CCCC(N1CCN(c2cccc(Cl)c2Cl)CC1)n1c2c(c3cc(C(N)=O)ccc31)CCCC2. The summed E-state index contributed by atoms with van der Waals surface area (Å²) < 4.78 is 2.58. The second kappa shape index (κ2) is 9.80. The van der Waals surface area contributed by atoms with Gasteiger partial charge in [0.05, 0.1) is 21.9 Å². The Bertz CT molecular complexity index is 1210. The van der Waals surface area contributed by atoms with E-state index >= 15 is 0 Å². The van der Waals surface area contributed by atoms with Crippen molar-refractivity contribution in [2.24, 2.45) is 5.73 Å². The topological polar surface area (TPSA) is 54.5 Å². The van der Waals surface area contributed by atoms with Crippen LogP contribution in [0.5, 0.6) is 0 Å². The Morgan fingerprint density at radius 3 is 2.56 bits per heavy atom. The molecule has 0 radical (unpaired) electrons. The molecule has 1 fully saturated rings. The number of aryl methyl sites for hydroxylation is 1. The number of hydrogen-bond acceptors (Lipinski definition) is 3. The maximum absolute atomic E-state index is 11.9. The number of anilines is 1. The summed E-state index contributed by atoms with van der Waals surface area (Å²) in [5.41, 5.74) is 11.3. The number of aromatic nitrogens is 1. The Hall–Kier alpha value is -2.21. The molecule has 34 heavy (non-hydrogen) atoms. The van der Waals surface area contributed by atoms with E-state index in [0.29, 0.717) is 21.8 Å². The predicted molar refractivity (Wildman–Crippen MR) is 141 cm³/mol. The minimum absolute atomic E-state index is 0.297. The number of fused-ring (bicyclic) bond motifs is 3. The highest BCUT2D eigenvalue weighted by Crippen LogP contribution is 2.38. The predicted octanol–water partition coefficient (Wildman–Crippen LogP) is 6.05. The van der Waals surface area contributed by atoms with Crippen LogP contribution in [-0.4, -0.2) is 41.6 Å². The van der Waals surface area contributed by atoms with Gasteiger partial charge in [-0.2, -0.15) is 0 Å². The number of carbonyl (C=O) groups is 1. The summed E-state index contributed by atoms with van der Waals surface area (Å²) in [4.78, 5) is 16.8. The minimum Gasteiger partial charge on any atom is -0.368 e. The van der Waals surface area contributed by atoms with Crippen molar-refractivity contribution in [3.05, 3.63) is 63.3 Å². The summed E-state index contributed by atoms with van der Waals surface area (Å²) in [5, 5.41) is 2.45. The third-order valence-corrected chi connectivity index (χ3v) is 8.26. The molecule has 1 saturated heterocycles. The molecule has 2 aliphatic rings. The van der Waals surface area contributed by atoms with E-state index in [-0.39, 0.29) is 5.91 Å². The summed E-state index contributed by atoms with van der Waals surface area (Å²) in [6, 6.07) is 11.9. The van der Waals surface area contributed by atoms with Gasteiger partial charge in [0.1, 0.15) is 0 Å². The molecule has 3 aromatic rings. The van der Waals surface area contributed by atoms with Gasteiger partial charge in [-0.3, -0.25) is 9.69 Å². The number of rotatable bonds is 6. The zero-order chi connectivity index (χ0) is 23.8. The van der Waals surface area contributed by atoms with Crippen molar-refractivity contribution in [1.82, 2.24) is 9.47 Å². The maximum Gasteiger partial charge on any atom is 0.248 e. The maximum atomic E-state index is 11.9. The average Bonchev–Trinajstić information content (AvgIpc) is 3.18. The first-order valence-corrected chi connectivity index (χ1v) is 13.1. The Balaban J connectivity index is 1.48. The van der Waals surface area contributed by atoms with E-state index in [2.05, 4.69) is 33.4 Å². The third kappa shape index (κ3) is 4.19. The molecule has 5 rings (SSSR count). The van der Waals surface area contributed by atoms with Crippen LogP contribution in [0, 0.1) is 0 Å². The molecule has 1 atom stereocenters. The molecular formula is C27H32Cl2N4O. The van der Waals surface area contributed by atoms with Gasteiger partial charge in [-0.1, -0.05) is 42.6 Å². The smallest absolute Gasteiger partial charge is 0.248 e. The molecule has 1 aliphatic carbocycles. The van der Waals surface area contributed by atoms with E-state index in [1.165, 1.54) is 35.0 Å². The van der Waals surface area contributed by atoms with E-state index in [1.54, 1.807) is 0 Å². The van der Waals surface area contributed by atoms with Crippen LogP contribution in [0.1, 0.15) is 60.4 Å². The molecule has 2 N–H and O–H groups in total. The van der Waals surface area contributed by atoms with Crippen LogP contribution in [0.25, 0.3) is 10.9 Å². The van der Waals surface area contributed by atoms with Crippen LogP contribution < -0.4 is 10.6 Å². The lowest BCUT2D eigenvalue weighted by atomic mass is 9.95. The van der Waals surface area contributed by atoms with Gasteiger partial charge in [0.15, 0.2) is 0 Å². The van der Waals surface area contributed by atoms with Crippen molar-refractivity contribution < 1.29 is 4.79 Å². The lowest BCUT2D eigenvalue weighted by molar-refractivity contribution is 0.100. The van der Waals surface area contributed by atoms with Crippen molar-refractivity contribution in [2.75, 3.05) is 31.1 Å². The lowest BCUT2D eigenvalue weighted by Crippen LogP contribution is -2.49. The lowest BCUT2D eigenvalue weighted by Gasteiger charge is -2.42. The van der Waals surface area contributed by atoms with Gasteiger partial charge in [-0.25, -0.2) is 0 Å². The summed E-state index contributed by atoms with van der Waals surface area (Å²) in [7, 11) is 0. The van der Waals surface area contributed by atoms with Gasteiger partial charge in [-0.05, 0) is 68.0 Å². The third-order valence-electron chi connectivity index (χ3n) is 7.45. The first kappa shape index (κ1) is 23.5. The molecule has 1 aromatic heterocycles. The Kier molecular flexibility index (Phi) is 6.79. The van der Waals surface area contributed by atoms with Crippen LogP contribution in [0.15, 0.2) is 36.4 Å². The van der Waals surface area contributed by atoms with E-state index in [9.17, 15) is 4.79 Å². The first-order chi connectivity index (χ1) is 16.5. The number of piperazine rings is 1. The van der Waals surface area contributed by atoms with E-state index in [1.807, 2.05) is 24.3 Å². The molecule has 1 amide bonds. The van der Waals surface area contributed by atoms with Crippen molar-refractivity contribution >= 4 is 45.7 Å². The number of halogens is 2. The second-order valence-corrected chi connectivity index (χ2v) is 10.2. The fraction of sp³-hybridized carbons (Fsp3) is 0.444. The fourth-order valence-corrected chi connectivity index (χ4v) is 6.22. The first-order valence-electron chi connectivity index (χ1n) is 12.4. The Labute approximate surface area is 211 Å². The van der Waals surface area contributed by atoms with Gasteiger partial charge < -0.3 is 15.2 Å². The number of carbonyl (C=O) groups excluding carboxylic acids is 1. The van der Waals surface area contributed by atoms with Crippen LogP contribution >= 0.6 is 23.2 Å². The standard InChI is InChI=1S/C27H32Cl2N4O/c1-2-6-25(32-15-13-31(14-16-32)24-10-5-8-21(28)26(24)29)33-22-9-4-3-7-19(22)20-17-18(27(30)34)11-12-23(20)33/h5,8,10-12,17,25H,2-4,6-7,9,13-16H2,1H3,(H2,30,34). The number of amides is 1. The van der Waals surface area contributed by atoms with Gasteiger partial charge in [0.2, 0.25) is 5.91 Å². The molecule has 0 spiro atoms. The molecule has 2 heterocycles. The van der Waals surface area contributed by atoms with Crippen molar-refractivity contribution in [3.8, 4) is 0 Å². The minimum atomic E-state index is -0.361. The fourth-order valence-electron chi connectivity index (χ4n) is 5.80. The number of nitrogens with two attached hydrogens (primary N) is 1. The largest absolute Gasteiger partial charge is 0.368 e. The zero-order valence-corrected chi connectivity index (χ0v) is 21.2. The molecule has 0 saturated carbocycles. The molecule has 7 heteroatoms. The van der Waals surface area contributed by atoms with Gasteiger partial charge >= 0.3 is 0 Å². The zero-order valence-electron chi connectivity index (χ0n) is 19.7. The molecule has 1 aliphatic heterocycles. The van der Waals surface area contributed by atoms with E-state index < -0.39 is 0 Å². The summed E-state index contributed by atoms with van der Waals surface area (Å²) in [6.45, 7) is 6.00. The molecule has 180 valence electrons. The highest BCUT2D eigenvalue weighted by atomic mass is 35.5. The number of primary amides is 1. The average molecular weight is 499 g/mol. The van der Waals surface area contributed by atoms with Crippen molar-refractivity contribution in [3.63, 3.8) is 0 Å². The molecular weight excluding hydrogens is 467 g/mol. The quantitative estimate of drug-likeness (QED) is 0.450. The van der Waals surface area contributed by atoms with Gasteiger partial charge in [0.25, 0.3) is 0 Å². The van der Waals surface area contributed by atoms with Crippen LogP contribution in [0.2, 0.25) is 10.0 Å². The number of nitrogens with zero attached hydrogens (tertiary/aromatic N) is 3. The van der Waals surface area contributed by atoms with Crippen molar-refractivity contribution in [2.45, 2.75) is 51.6 Å². The molecule has 1 unspecified atom stereocenters. The van der Waals surface area contributed by atoms with Crippen LogP contribution in [-0.2, 0) is 12.8 Å². The molecule has 0 bridgehead atoms. The van der Waals surface area contributed by atoms with E-state index in [4.69, 9.17) is 28.9 Å². The highest BCUT2D eigenvalue weighted by molar-refractivity contribution is 6.43. The Morgan fingerprint density at radius 2 is 1.82 bits per heavy atom. The van der Waals surface area contributed by atoms with Gasteiger partial charge in [0, 0.05) is 48.3 Å². The summed E-state index contributed by atoms with van der Waals surface area (Å²) >= 11 is 12.8. The Morgan fingerprint density at radius 1 is 1.06 bits per heavy atom. The summed E-state index contributed by atoms with van der Waals surface area (Å²) in [6.07, 6.45) is 7.07. The number of hydrogen-bond donors (Lipinski definition) is 1. The number of benzene rings is 2.